The van der Waals surface area contributed by atoms with Crippen LogP contribution in [0.25, 0.3) is 0 Å². The Hall–Kier alpha value is -1.68. The molecule has 1 saturated heterocycles. The molecule has 1 unspecified atom stereocenters. The van der Waals surface area contributed by atoms with E-state index in [2.05, 4.69) is 70.9 Å². The molecular formula is C20H26N2O. The Morgan fingerprint density at radius 2 is 1.65 bits per heavy atom. The molecule has 0 spiro atoms. The van der Waals surface area contributed by atoms with E-state index in [0.717, 1.165) is 39.2 Å². The number of hydrogen-bond acceptors (Lipinski definition) is 3. The molecule has 0 aromatic heterocycles. The smallest absolute Gasteiger partial charge is 0.0662 e. The van der Waals surface area contributed by atoms with E-state index in [1.807, 2.05) is 7.11 Å². The summed E-state index contributed by atoms with van der Waals surface area (Å²) >= 11 is 0. The molecule has 2 aromatic carbocycles. The zero-order valence-electron chi connectivity index (χ0n) is 13.9. The van der Waals surface area contributed by atoms with Crippen LogP contribution >= 0.6 is 0 Å². The van der Waals surface area contributed by atoms with Crippen molar-refractivity contribution in [2.24, 2.45) is 0 Å². The Kier molecular flexibility index (Phi) is 5.44. The van der Waals surface area contributed by atoms with Crippen LogP contribution < -0.4 is 5.32 Å². The maximum absolute atomic E-state index is 5.64. The minimum atomic E-state index is 0.00416. The first-order valence-electron chi connectivity index (χ1n) is 8.35. The normalized spacial score (nSPS) is 22.1. The third-order valence-electron chi connectivity index (χ3n) is 4.69. The first-order valence-corrected chi connectivity index (χ1v) is 8.35. The lowest BCUT2D eigenvalue weighted by atomic mass is 9.87. The van der Waals surface area contributed by atoms with Crippen LogP contribution in [0.2, 0.25) is 0 Å². The van der Waals surface area contributed by atoms with Gasteiger partial charge in [-0.3, -0.25) is 4.90 Å². The van der Waals surface area contributed by atoms with Crippen LogP contribution in [0.1, 0.15) is 11.1 Å². The highest BCUT2D eigenvalue weighted by atomic mass is 16.5. The van der Waals surface area contributed by atoms with E-state index >= 15 is 0 Å². The van der Waals surface area contributed by atoms with E-state index < -0.39 is 0 Å². The number of piperazine rings is 1. The Morgan fingerprint density at radius 1 is 1.00 bits per heavy atom. The molecule has 0 amide bonds. The summed E-state index contributed by atoms with van der Waals surface area (Å²) in [5.74, 6) is 0. The summed E-state index contributed by atoms with van der Waals surface area (Å²) in [4.78, 5) is 2.59. The van der Waals surface area contributed by atoms with Gasteiger partial charge in [0.1, 0.15) is 0 Å². The zero-order valence-corrected chi connectivity index (χ0v) is 13.9. The Labute approximate surface area is 139 Å². The fourth-order valence-corrected chi connectivity index (χ4v) is 3.55. The molecule has 0 aliphatic carbocycles. The Bertz CT molecular complexity index is 583. The van der Waals surface area contributed by atoms with Gasteiger partial charge in [-0.15, -0.1) is 0 Å². The number of rotatable bonds is 6. The highest BCUT2D eigenvalue weighted by molar-refractivity contribution is 5.21. The van der Waals surface area contributed by atoms with Gasteiger partial charge in [-0.05, 0) is 17.5 Å². The molecule has 0 radical (unpaired) electrons. The van der Waals surface area contributed by atoms with Crippen molar-refractivity contribution < 1.29 is 4.74 Å². The molecule has 1 aliphatic rings. The van der Waals surface area contributed by atoms with E-state index in [1.54, 1.807) is 0 Å². The second kappa shape index (κ2) is 7.73. The van der Waals surface area contributed by atoms with Gasteiger partial charge in [-0.2, -0.15) is 0 Å². The van der Waals surface area contributed by atoms with E-state index in [-0.39, 0.29) is 5.54 Å². The van der Waals surface area contributed by atoms with Crippen LogP contribution in [-0.2, 0) is 17.7 Å². The molecule has 0 saturated carbocycles. The van der Waals surface area contributed by atoms with Gasteiger partial charge in [0.2, 0.25) is 0 Å². The van der Waals surface area contributed by atoms with Gasteiger partial charge in [0.25, 0.3) is 0 Å². The summed E-state index contributed by atoms with van der Waals surface area (Å²) in [6.45, 7) is 4.75. The molecule has 3 heteroatoms. The molecule has 0 bridgehead atoms. The van der Waals surface area contributed by atoms with Crippen molar-refractivity contribution in [1.82, 2.24) is 10.2 Å². The van der Waals surface area contributed by atoms with Crippen molar-refractivity contribution in [1.29, 1.82) is 0 Å². The zero-order chi connectivity index (χ0) is 16.0. The second-order valence-electron chi connectivity index (χ2n) is 6.40. The summed E-state index contributed by atoms with van der Waals surface area (Å²) in [6.07, 6.45) is 1.00. The maximum Gasteiger partial charge on any atom is 0.0662 e. The summed E-state index contributed by atoms with van der Waals surface area (Å²) in [7, 11) is 1.81. The first kappa shape index (κ1) is 16.2. The van der Waals surface area contributed by atoms with Crippen LogP contribution in [0.4, 0.5) is 0 Å². The van der Waals surface area contributed by atoms with Crippen molar-refractivity contribution in [2.45, 2.75) is 18.5 Å². The molecule has 3 nitrogen and oxygen atoms in total. The first-order chi connectivity index (χ1) is 11.3. The lowest BCUT2D eigenvalue weighted by molar-refractivity contribution is -0.0122. The van der Waals surface area contributed by atoms with E-state index in [4.69, 9.17) is 4.74 Å². The highest BCUT2D eigenvalue weighted by Gasteiger charge is 2.39. The van der Waals surface area contributed by atoms with Crippen LogP contribution in [-0.4, -0.2) is 43.8 Å². The number of benzene rings is 2. The molecule has 122 valence electrons. The third kappa shape index (κ3) is 3.99. The van der Waals surface area contributed by atoms with Crippen molar-refractivity contribution >= 4 is 0 Å². The van der Waals surface area contributed by atoms with E-state index in [0.29, 0.717) is 0 Å². The van der Waals surface area contributed by atoms with Crippen LogP contribution in [0, 0.1) is 0 Å². The van der Waals surface area contributed by atoms with Gasteiger partial charge < -0.3 is 10.1 Å². The van der Waals surface area contributed by atoms with Gasteiger partial charge in [0, 0.05) is 33.3 Å². The molecule has 1 aliphatic heterocycles. The number of nitrogens with zero attached hydrogens (tertiary/aromatic N) is 1. The largest absolute Gasteiger partial charge is 0.383 e. The van der Waals surface area contributed by atoms with E-state index in [1.165, 1.54) is 11.1 Å². The molecular weight excluding hydrogens is 284 g/mol. The number of nitrogens with one attached hydrogen (secondary N) is 1. The second-order valence-corrected chi connectivity index (χ2v) is 6.40. The summed E-state index contributed by atoms with van der Waals surface area (Å²) < 4.78 is 5.64. The molecule has 1 atom stereocenters. The molecule has 2 aromatic rings. The number of ether oxygens (including phenoxy) is 1. The molecule has 1 fully saturated rings. The molecule has 3 rings (SSSR count). The quantitative estimate of drug-likeness (QED) is 0.888. The predicted molar refractivity (Wildman–Crippen MR) is 94.5 cm³/mol. The number of hydrogen-bond donors (Lipinski definition) is 1. The van der Waals surface area contributed by atoms with Gasteiger partial charge >= 0.3 is 0 Å². The average molecular weight is 310 g/mol. The van der Waals surface area contributed by atoms with Crippen molar-refractivity contribution in [2.75, 3.05) is 33.4 Å². The lowest BCUT2D eigenvalue weighted by Crippen LogP contribution is -2.64. The van der Waals surface area contributed by atoms with Gasteiger partial charge in [0.15, 0.2) is 0 Å². The summed E-state index contributed by atoms with van der Waals surface area (Å²) in [6, 6.07) is 21.5. The van der Waals surface area contributed by atoms with Gasteiger partial charge in [-0.25, -0.2) is 0 Å². The van der Waals surface area contributed by atoms with E-state index in [9.17, 15) is 0 Å². The SMILES string of the molecule is COCC1(Cc2ccccc2)CNCCN1Cc1ccccc1. The molecule has 1 heterocycles. The van der Waals surface area contributed by atoms with Crippen molar-refractivity contribution in [3.63, 3.8) is 0 Å². The molecule has 23 heavy (non-hydrogen) atoms. The Balaban J connectivity index is 1.84. The summed E-state index contributed by atoms with van der Waals surface area (Å²) in [5.41, 5.74) is 2.73. The third-order valence-corrected chi connectivity index (χ3v) is 4.69. The highest BCUT2D eigenvalue weighted by Crippen LogP contribution is 2.26. The minimum absolute atomic E-state index is 0.00416. The lowest BCUT2D eigenvalue weighted by Gasteiger charge is -2.47. The van der Waals surface area contributed by atoms with Gasteiger partial charge in [-0.1, -0.05) is 60.7 Å². The topological polar surface area (TPSA) is 24.5 Å². The monoisotopic (exact) mass is 310 g/mol. The average Bonchev–Trinajstić information content (AvgIpc) is 2.59. The van der Waals surface area contributed by atoms with Crippen LogP contribution in [0.5, 0.6) is 0 Å². The fourth-order valence-electron chi connectivity index (χ4n) is 3.55. The summed E-state index contributed by atoms with van der Waals surface area (Å²) in [5, 5.41) is 3.57. The molecule has 1 N–H and O–H groups in total. The van der Waals surface area contributed by atoms with Crippen LogP contribution in [0.15, 0.2) is 60.7 Å². The van der Waals surface area contributed by atoms with Crippen LogP contribution in [0.3, 0.4) is 0 Å². The minimum Gasteiger partial charge on any atom is -0.383 e. The van der Waals surface area contributed by atoms with Crippen molar-refractivity contribution in [3.05, 3.63) is 71.8 Å². The number of methoxy groups -OCH3 is 1. The maximum atomic E-state index is 5.64. The van der Waals surface area contributed by atoms with Gasteiger partial charge in [0.05, 0.1) is 12.1 Å². The predicted octanol–water partition coefficient (Wildman–Crippen LogP) is 2.72. The Morgan fingerprint density at radius 3 is 2.30 bits per heavy atom. The fraction of sp³-hybridized carbons (Fsp3) is 0.400. The standard InChI is InChI=1S/C20H26N2O/c1-23-17-20(14-18-8-4-2-5-9-18)16-21-12-13-22(20)15-19-10-6-3-7-11-19/h2-11,21H,12-17H2,1H3. The van der Waals surface area contributed by atoms with Crippen molar-refractivity contribution in [3.8, 4) is 0 Å².